The molecule has 118 valence electrons. The van der Waals surface area contributed by atoms with Gasteiger partial charge in [0.05, 0.1) is 10.5 Å². The summed E-state index contributed by atoms with van der Waals surface area (Å²) in [6.45, 7) is 2.07. The minimum absolute atomic E-state index is 0.00378. The highest BCUT2D eigenvalue weighted by molar-refractivity contribution is 7.89. The molecular formula is C14H19Cl2NO3S. The van der Waals surface area contributed by atoms with Crippen molar-refractivity contribution in [1.82, 2.24) is 4.72 Å². The summed E-state index contributed by atoms with van der Waals surface area (Å²) in [4.78, 5) is 0.00691. The summed E-state index contributed by atoms with van der Waals surface area (Å²) in [5.41, 5.74) is -0.979. The molecule has 1 aromatic carbocycles. The molecule has 21 heavy (non-hydrogen) atoms. The Hall–Kier alpha value is -0.330. The van der Waals surface area contributed by atoms with Crippen molar-refractivity contribution in [2.75, 3.05) is 6.54 Å². The fraction of sp³-hybridized carbons (Fsp3) is 0.571. The van der Waals surface area contributed by atoms with Gasteiger partial charge in [0, 0.05) is 16.6 Å². The van der Waals surface area contributed by atoms with Gasteiger partial charge in [0.25, 0.3) is 0 Å². The molecule has 2 rings (SSSR count). The molecule has 2 N–H and O–H groups in total. The molecule has 0 bridgehead atoms. The first kappa shape index (κ1) is 17.0. The first-order chi connectivity index (χ1) is 9.70. The Bertz CT molecular complexity index is 600. The normalized spacial score (nSPS) is 26.8. The molecule has 1 aliphatic rings. The Balaban J connectivity index is 2.11. The molecule has 4 nitrogen and oxygen atoms in total. The molecule has 0 amide bonds. The number of rotatable bonds is 4. The lowest BCUT2D eigenvalue weighted by Gasteiger charge is -2.35. The Morgan fingerprint density at radius 1 is 1.33 bits per heavy atom. The summed E-state index contributed by atoms with van der Waals surface area (Å²) in [5.74, 6) is 0.397. The SMILES string of the molecule is CC1CCCC(O)(CNS(=O)(=O)c2cc(Cl)cc(Cl)c2)C1. The van der Waals surface area contributed by atoms with Crippen molar-refractivity contribution in [3.8, 4) is 0 Å². The lowest BCUT2D eigenvalue weighted by Crippen LogP contribution is -2.45. The zero-order chi connectivity index (χ0) is 15.7. The summed E-state index contributed by atoms with van der Waals surface area (Å²) in [5, 5.41) is 11.0. The van der Waals surface area contributed by atoms with Crippen LogP contribution in [0, 0.1) is 5.92 Å². The van der Waals surface area contributed by atoms with Gasteiger partial charge in [0.2, 0.25) is 10.0 Å². The van der Waals surface area contributed by atoms with Gasteiger partial charge >= 0.3 is 0 Å². The Kier molecular flexibility index (Phi) is 5.21. The molecule has 0 saturated heterocycles. The van der Waals surface area contributed by atoms with Gasteiger partial charge < -0.3 is 5.11 Å². The molecule has 2 atom stereocenters. The van der Waals surface area contributed by atoms with Crippen molar-refractivity contribution in [3.05, 3.63) is 28.2 Å². The average Bonchev–Trinajstić information content (AvgIpc) is 2.35. The van der Waals surface area contributed by atoms with E-state index in [0.29, 0.717) is 18.8 Å². The van der Waals surface area contributed by atoms with Crippen LogP contribution in [0.15, 0.2) is 23.1 Å². The molecule has 1 saturated carbocycles. The van der Waals surface area contributed by atoms with Crippen LogP contribution in [0.2, 0.25) is 10.0 Å². The van der Waals surface area contributed by atoms with Crippen molar-refractivity contribution in [2.45, 2.75) is 43.1 Å². The van der Waals surface area contributed by atoms with Crippen LogP contribution < -0.4 is 4.72 Å². The molecule has 1 aromatic rings. The molecule has 2 unspecified atom stereocenters. The molecule has 0 aromatic heterocycles. The summed E-state index contributed by atoms with van der Waals surface area (Å²) in [6.07, 6.45) is 3.18. The molecule has 1 fully saturated rings. The molecule has 0 aliphatic heterocycles. The minimum Gasteiger partial charge on any atom is -0.389 e. The third kappa shape index (κ3) is 4.57. The van der Waals surface area contributed by atoms with E-state index in [4.69, 9.17) is 23.2 Å². The summed E-state index contributed by atoms with van der Waals surface area (Å²) < 4.78 is 27.0. The quantitative estimate of drug-likeness (QED) is 0.874. The van der Waals surface area contributed by atoms with Crippen LogP contribution in [0.5, 0.6) is 0 Å². The van der Waals surface area contributed by atoms with Crippen LogP contribution in [0.25, 0.3) is 0 Å². The molecular weight excluding hydrogens is 333 g/mol. The van der Waals surface area contributed by atoms with Crippen LogP contribution in [0.3, 0.4) is 0 Å². The number of hydrogen-bond donors (Lipinski definition) is 2. The molecule has 7 heteroatoms. The largest absolute Gasteiger partial charge is 0.389 e. The molecule has 1 aliphatic carbocycles. The monoisotopic (exact) mass is 351 g/mol. The smallest absolute Gasteiger partial charge is 0.240 e. The lowest BCUT2D eigenvalue weighted by molar-refractivity contribution is -0.00751. The zero-order valence-electron chi connectivity index (χ0n) is 11.8. The van der Waals surface area contributed by atoms with Crippen LogP contribution in [0.4, 0.5) is 0 Å². The number of aliphatic hydroxyl groups is 1. The second kappa shape index (κ2) is 6.42. The van der Waals surface area contributed by atoms with Gasteiger partial charge in [-0.15, -0.1) is 0 Å². The van der Waals surface area contributed by atoms with Gasteiger partial charge in [-0.3, -0.25) is 0 Å². The van der Waals surface area contributed by atoms with E-state index in [-0.39, 0.29) is 21.5 Å². The van der Waals surface area contributed by atoms with Crippen LogP contribution >= 0.6 is 23.2 Å². The molecule has 0 spiro atoms. The summed E-state index contributed by atoms with van der Waals surface area (Å²) >= 11 is 11.7. The molecule has 0 radical (unpaired) electrons. The van der Waals surface area contributed by atoms with Gasteiger partial charge in [0.15, 0.2) is 0 Å². The maximum atomic E-state index is 12.3. The number of halogens is 2. The Labute approximate surface area is 135 Å². The summed E-state index contributed by atoms with van der Waals surface area (Å²) in [6, 6.07) is 4.14. The van der Waals surface area contributed by atoms with Gasteiger partial charge in [0.1, 0.15) is 0 Å². The number of nitrogens with one attached hydrogen (secondary N) is 1. The average molecular weight is 352 g/mol. The Morgan fingerprint density at radius 2 is 1.95 bits per heavy atom. The van der Waals surface area contributed by atoms with Gasteiger partial charge in [-0.2, -0.15) is 0 Å². The van der Waals surface area contributed by atoms with Gasteiger partial charge in [-0.25, -0.2) is 13.1 Å². The maximum absolute atomic E-state index is 12.3. The standard InChI is InChI=1S/C14H19Cl2NO3S/c1-10-3-2-4-14(18,8-10)9-17-21(19,20)13-6-11(15)5-12(16)7-13/h5-7,10,17-18H,2-4,8-9H2,1H3. The predicted octanol–water partition coefficient (Wildman–Crippen LogP) is 3.21. The van der Waals surface area contributed by atoms with Gasteiger partial charge in [-0.05, 0) is 37.0 Å². The minimum atomic E-state index is -3.74. The Morgan fingerprint density at radius 3 is 2.52 bits per heavy atom. The van der Waals surface area contributed by atoms with Gasteiger partial charge in [-0.1, -0.05) is 43.0 Å². The van der Waals surface area contributed by atoms with E-state index in [1.165, 1.54) is 18.2 Å². The van der Waals surface area contributed by atoms with E-state index in [0.717, 1.165) is 12.8 Å². The highest BCUT2D eigenvalue weighted by Crippen LogP contribution is 2.32. The van der Waals surface area contributed by atoms with Crippen molar-refractivity contribution < 1.29 is 13.5 Å². The number of benzene rings is 1. The van der Waals surface area contributed by atoms with E-state index in [1.807, 2.05) is 0 Å². The third-order valence-electron chi connectivity index (χ3n) is 3.81. The van der Waals surface area contributed by atoms with Crippen LogP contribution in [-0.2, 0) is 10.0 Å². The number of sulfonamides is 1. The third-order valence-corrected chi connectivity index (χ3v) is 5.62. The van der Waals surface area contributed by atoms with E-state index in [2.05, 4.69) is 11.6 Å². The highest BCUT2D eigenvalue weighted by atomic mass is 35.5. The molecule has 0 heterocycles. The lowest BCUT2D eigenvalue weighted by atomic mass is 9.79. The van der Waals surface area contributed by atoms with E-state index in [1.54, 1.807) is 0 Å². The van der Waals surface area contributed by atoms with Crippen LogP contribution in [0.1, 0.15) is 32.6 Å². The highest BCUT2D eigenvalue weighted by Gasteiger charge is 2.33. The summed E-state index contributed by atoms with van der Waals surface area (Å²) in [7, 11) is -3.74. The van der Waals surface area contributed by atoms with Crippen molar-refractivity contribution in [1.29, 1.82) is 0 Å². The topological polar surface area (TPSA) is 66.4 Å². The van der Waals surface area contributed by atoms with Crippen LogP contribution in [-0.4, -0.2) is 25.7 Å². The van der Waals surface area contributed by atoms with E-state index in [9.17, 15) is 13.5 Å². The van der Waals surface area contributed by atoms with Crippen molar-refractivity contribution in [3.63, 3.8) is 0 Å². The maximum Gasteiger partial charge on any atom is 0.240 e. The van der Waals surface area contributed by atoms with Crippen molar-refractivity contribution in [2.24, 2.45) is 5.92 Å². The predicted molar refractivity (Wildman–Crippen MR) is 84.2 cm³/mol. The zero-order valence-corrected chi connectivity index (χ0v) is 14.1. The van der Waals surface area contributed by atoms with E-state index >= 15 is 0 Å². The van der Waals surface area contributed by atoms with Crippen molar-refractivity contribution >= 4 is 33.2 Å². The first-order valence-electron chi connectivity index (χ1n) is 6.88. The fourth-order valence-corrected chi connectivity index (χ4v) is 4.63. The second-order valence-electron chi connectivity index (χ2n) is 5.86. The fourth-order valence-electron chi connectivity index (χ4n) is 2.79. The first-order valence-corrected chi connectivity index (χ1v) is 9.12. The van der Waals surface area contributed by atoms with E-state index < -0.39 is 15.6 Å². The number of hydrogen-bond acceptors (Lipinski definition) is 3. The second-order valence-corrected chi connectivity index (χ2v) is 8.50.